The Bertz CT molecular complexity index is 1850. The number of hydrazone groups is 1. The highest BCUT2D eigenvalue weighted by Gasteiger charge is 2.17. The Kier molecular flexibility index (Phi) is 10.3. The van der Waals surface area contributed by atoms with Gasteiger partial charge in [-0.2, -0.15) is 5.10 Å². The minimum absolute atomic E-state index is 0.0811. The highest BCUT2D eigenvalue weighted by Crippen LogP contribution is 2.38. The molecule has 0 atom stereocenters. The minimum Gasteiger partial charge on any atom is -0.493 e. The van der Waals surface area contributed by atoms with Crippen LogP contribution in [0, 0.1) is 20.8 Å². The van der Waals surface area contributed by atoms with Gasteiger partial charge in [-0.25, -0.2) is 5.43 Å². The summed E-state index contributed by atoms with van der Waals surface area (Å²) >= 11 is 0. The molecular formula is C36H36N4O7. The van der Waals surface area contributed by atoms with Crippen LogP contribution in [0.15, 0.2) is 94.4 Å². The van der Waals surface area contributed by atoms with Gasteiger partial charge in [0.1, 0.15) is 18.1 Å². The number of benzene rings is 3. The van der Waals surface area contributed by atoms with Crippen molar-refractivity contribution < 1.29 is 33.0 Å². The van der Waals surface area contributed by atoms with Crippen molar-refractivity contribution in [3.63, 3.8) is 0 Å². The number of para-hydroxylation sites is 1. The van der Waals surface area contributed by atoms with E-state index in [1.54, 1.807) is 24.3 Å². The van der Waals surface area contributed by atoms with Crippen molar-refractivity contribution in [1.82, 2.24) is 9.99 Å². The Labute approximate surface area is 272 Å². The third kappa shape index (κ3) is 8.01. The molecule has 0 aliphatic rings. The number of carbonyl (C=O) groups is 2. The fraction of sp³-hybridized carbons (Fsp3) is 0.194. The van der Waals surface area contributed by atoms with Crippen molar-refractivity contribution >= 4 is 23.7 Å². The van der Waals surface area contributed by atoms with Crippen LogP contribution in [0.25, 0.3) is 5.69 Å². The van der Waals surface area contributed by atoms with Gasteiger partial charge in [-0.15, -0.1) is 0 Å². The molecule has 0 saturated heterocycles. The van der Waals surface area contributed by atoms with Gasteiger partial charge in [-0.1, -0.05) is 18.2 Å². The summed E-state index contributed by atoms with van der Waals surface area (Å²) in [5.41, 5.74) is 8.00. The van der Waals surface area contributed by atoms with E-state index in [0.29, 0.717) is 34.3 Å². The van der Waals surface area contributed by atoms with E-state index in [0.717, 1.165) is 22.6 Å². The summed E-state index contributed by atoms with van der Waals surface area (Å²) in [6.07, 6.45) is 1.42. The van der Waals surface area contributed by atoms with E-state index in [2.05, 4.69) is 46.4 Å². The smallest absolute Gasteiger partial charge is 0.307 e. The fourth-order valence-electron chi connectivity index (χ4n) is 4.87. The number of nitrogens with one attached hydrogen (secondary N) is 2. The van der Waals surface area contributed by atoms with Gasteiger partial charge in [0.15, 0.2) is 23.9 Å². The van der Waals surface area contributed by atoms with E-state index in [1.807, 2.05) is 55.5 Å². The number of aryl methyl sites for hydroxylation is 3. The Morgan fingerprint density at radius 1 is 0.851 bits per heavy atom. The van der Waals surface area contributed by atoms with Crippen LogP contribution in [0.1, 0.15) is 38.8 Å². The van der Waals surface area contributed by atoms with Crippen LogP contribution >= 0.6 is 0 Å². The predicted molar refractivity (Wildman–Crippen MR) is 178 cm³/mol. The van der Waals surface area contributed by atoms with Gasteiger partial charge in [0.2, 0.25) is 5.75 Å². The molecule has 2 amide bonds. The number of hydrogen-bond donors (Lipinski definition) is 2. The number of amides is 2. The van der Waals surface area contributed by atoms with Crippen molar-refractivity contribution in [2.45, 2.75) is 27.4 Å². The largest absolute Gasteiger partial charge is 0.493 e. The maximum Gasteiger partial charge on any atom is 0.307 e. The first-order valence-electron chi connectivity index (χ1n) is 14.8. The topological polar surface area (TPSA) is 126 Å². The van der Waals surface area contributed by atoms with Crippen LogP contribution in [0.2, 0.25) is 0 Å². The average Bonchev–Trinajstić information content (AvgIpc) is 3.69. The molecule has 0 saturated carbocycles. The number of rotatable bonds is 13. The second kappa shape index (κ2) is 14.9. The summed E-state index contributed by atoms with van der Waals surface area (Å²) < 4.78 is 30.4. The summed E-state index contributed by atoms with van der Waals surface area (Å²) in [5, 5.41) is 6.86. The molecule has 0 unspecified atom stereocenters. The van der Waals surface area contributed by atoms with E-state index in [1.165, 1.54) is 20.4 Å². The quantitative estimate of drug-likeness (QED) is 0.114. The average molecular weight is 637 g/mol. The Balaban J connectivity index is 1.15. The number of ether oxygens (including phenoxy) is 4. The van der Waals surface area contributed by atoms with E-state index in [-0.39, 0.29) is 30.6 Å². The molecule has 0 fully saturated rings. The number of anilines is 1. The van der Waals surface area contributed by atoms with Crippen LogP contribution < -0.4 is 29.7 Å². The molecule has 0 bridgehead atoms. The molecule has 242 valence electrons. The van der Waals surface area contributed by atoms with Gasteiger partial charge in [-0.3, -0.25) is 9.59 Å². The number of aromatic nitrogens is 1. The molecule has 3 aromatic carbocycles. The lowest BCUT2D eigenvalue weighted by Gasteiger charge is -2.15. The Morgan fingerprint density at radius 3 is 2.19 bits per heavy atom. The SMILES string of the molecule is COc1cc(/C=N/NC(=O)c2ccc(COc3ccc(-n4c(C)ccc4C)cc3)o2)cc(OC)c1OCC(=O)Nc1ccccc1C. The number of methoxy groups -OCH3 is 2. The standard InChI is InChI=1S/C36H36N4O7/c1-23-8-6-7-9-30(23)38-34(41)22-46-35-32(43-4)18-26(19-33(35)44-5)20-37-39-36(42)31-17-16-29(47-31)21-45-28-14-12-27(13-15-28)40-24(2)10-11-25(40)3/h6-20H,21-22H2,1-5H3,(H,38,41)(H,39,42)/b37-20+. The van der Waals surface area contributed by atoms with Crippen molar-refractivity contribution in [3.05, 3.63) is 119 Å². The van der Waals surface area contributed by atoms with Crippen LogP contribution in [0.3, 0.4) is 0 Å². The van der Waals surface area contributed by atoms with E-state index in [9.17, 15) is 9.59 Å². The van der Waals surface area contributed by atoms with Crippen LogP contribution in [0.5, 0.6) is 23.0 Å². The highest BCUT2D eigenvalue weighted by atomic mass is 16.5. The first kappa shape index (κ1) is 32.4. The molecule has 5 rings (SSSR count). The van der Waals surface area contributed by atoms with Gasteiger partial charge in [0.25, 0.3) is 5.91 Å². The third-order valence-corrected chi connectivity index (χ3v) is 7.26. The lowest BCUT2D eigenvalue weighted by molar-refractivity contribution is -0.118. The minimum atomic E-state index is -0.534. The first-order chi connectivity index (χ1) is 22.7. The lowest BCUT2D eigenvalue weighted by Crippen LogP contribution is -2.21. The molecule has 0 radical (unpaired) electrons. The summed E-state index contributed by atoms with van der Waals surface area (Å²) in [4.78, 5) is 25.2. The summed E-state index contributed by atoms with van der Waals surface area (Å²) in [7, 11) is 2.94. The zero-order valence-electron chi connectivity index (χ0n) is 26.8. The third-order valence-electron chi connectivity index (χ3n) is 7.26. The first-order valence-corrected chi connectivity index (χ1v) is 14.8. The molecule has 0 aliphatic heterocycles. The second-order valence-electron chi connectivity index (χ2n) is 10.6. The lowest BCUT2D eigenvalue weighted by atomic mass is 10.2. The van der Waals surface area contributed by atoms with E-state index >= 15 is 0 Å². The van der Waals surface area contributed by atoms with Gasteiger partial charge in [0.05, 0.1) is 20.4 Å². The van der Waals surface area contributed by atoms with Crippen LogP contribution in [-0.4, -0.2) is 43.4 Å². The van der Waals surface area contributed by atoms with Gasteiger partial charge >= 0.3 is 5.91 Å². The molecule has 0 aliphatic carbocycles. The number of carbonyl (C=O) groups excluding carboxylic acids is 2. The molecule has 11 heteroatoms. The zero-order valence-corrected chi connectivity index (χ0v) is 26.8. The summed E-state index contributed by atoms with van der Waals surface area (Å²) in [6, 6.07) is 25.9. The molecule has 11 nitrogen and oxygen atoms in total. The molecule has 47 heavy (non-hydrogen) atoms. The van der Waals surface area contributed by atoms with Crippen molar-refractivity contribution in [3.8, 4) is 28.7 Å². The Morgan fingerprint density at radius 2 is 1.53 bits per heavy atom. The van der Waals surface area contributed by atoms with Crippen molar-refractivity contribution in [2.24, 2.45) is 5.10 Å². The normalized spacial score (nSPS) is 10.9. The van der Waals surface area contributed by atoms with E-state index < -0.39 is 5.91 Å². The zero-order chi connectivity index (χ0) is 33.3. The summed E-state index contributed by atoms with van der Waals surface area (Å²) in [6.45, 7) is 5.92. The number of hydrogen-bond acceptors (Lipinski definition) is 8. The van der Waals surface area contributed by atoms with Gasteiger partial charge in [0, 0.05) is 28.3 Å². The fourth-order valence-corrected chi connectivity index (χ4v) is 4.87. The molecule has 5 aromatic rings. The maximum atomic E-state index is 12.7. The number of nitrogens with zero attached hydrogens (tertiary/aromatic N) is 2. The maximum absolute atomic E-state index is 12.7. The van der Waals surface area contributed by atoms with Crippen LogP contribution in [-0.2, 0) is 11.4 Å². The van der Waals surface area contributed by atoms with Gasteiger partial charge < -0.3 is 33.2 Å². The summed E-state index contributed by atoms with van der Waals surface area (Å²) in [5.74, 6) is 1.27. The Hall–Kier alpha value is -5.97. The molecular weight excluding hydrogens is 600 g/mol. The highest BCUT2D eigenvalue weighted by molar-refractivity contribution is 5.93. The predicted octanol–water partition coefficient (Wildman–Crippen LogP) is 6.37. The number of furan rings is 1. The molecule has 2 heterocycles. The second-order valence-corrected chi connectivity index (χ2v) is 10.6. The molecule has 2 N–H and O–H groups in total. The van der Waals surface area contributed by atoms with Crippen LogP contribution in [0.4, 0.5) is 5.69 Å². The molecule has 2 aromatic heterocycles. The monoisotopic (exact) mass is 636 g/mol. The molecule has 0 spiro atoms. The van der Waals surface area contributed by atoms with Crippen molar-refractivity contribution in [1.29, 1.82) is 0 Å². The van der Waals surface area contributed by atoms with Crippen molar-refractivity contribution in [2.75, 3.05) is 26.1 Å². The van der Waals surface area contributed by atoms with E-state index in [4.69, 9.17) is 23.4 Å². The van der Waals surface area contributed by atoms with Gasteiger partial charge in [-0.05, 0) is 93.1 Å².